The van der Waals surface area contributed by atoms with Gasteiger partial charge in [-0.05, 0) is 0 Å². The van der Waals surface area contributed by atoms with Crippen LogP contribution in [0.1, 0.15) is 55.4 Å². The summed E-state index contributed by atoms with van der Waals surface area (Å²) in [5.41, 5.74) is 0. The summed E-state index contributed by atoms with van der Waals surface area (Å²) in [6, 6.07) is 0. The molecule has 0 aliphatic carbocycles. The molecule has 0 aromatic rings. The summed E-state index contributed by atoms with van der Waals surface area (Å²) in [4.78, 5) is 24.6. The van der Waals surface area contributed by atoms with E-state index >= 15 is 0 Å². The molecule has 2 atom stereocenters. The number of hydrogen-bond donors (Lipinski definition) is 0. The zero-order chi connectivity index (χ0) is 19.0. The summed E-state index contributed by atoms with van der Waals surface area (Å²) in [5, 5.41) is 0. The molecule has 0 saturated carbocycles. The predicted octanol–water partition coefficient (Wildman–Crippen LogP) is 3.69. The van der Waals surface area contributed by atoms with Crippen LogP contribution in [0.2, 0.25) is 0 Å². The van der Waals surface area contributed by atoms with Crippen molar-refractivity contribution in [1.29, 1.82) is 0 Å². The van der Waals surface area contributed by atoms with Crippen molar-refractivity contribution in [3.8, 4) is 0 Å². The van der Waals surface area contributed by atoms with Crippen molar-refractivity contribution in [1.82, 2.24) is 0 Å². The maximum Gasteiger partial charge on any atom is 0.281 e. The summed E-state index contributed by atoms with van der Waals surface area (Å²) in [5.74, 6) is 2.31. The Labute approximate surface area is 151 Å². The molecule has 0 rings (SSSR count). The van der Waals surface area contributed by atoms with Gasteiger partial charge in [0.25, 0.3) is 13.6 Å². The van der Waals surface area contributed by atoms with Crippen molar-refractivity contribution in [2.45, 2.75) is 64.7 Å². The van der Waals surface area contributed by atoms with Gasteiger partial charge in [0.2, 0.25) is 0 Å². The Kier molecular flexibility index (Phi) is 20.9. The van der Waals surface area contributed by atoms with E-state index in [0.29, 0.717) is 32.9 Å². The topological polar surface area (TPSA) is 58.9 Å². The Morgan fingerprint density at radius 1 is 0.652 bits per heavy atom. The standard InChI is InChI=1S/2C8H16N.2CO.Ru/c2*1-7(2)5-9-6-8(3)4;2*1-2;/h2*5-8H,1-4H3;;;. The quantitative estimate of drug-likeness (QED) is 0.453. The van der Waals surface area contributed by atoms with E-state index in [1.807, 2.05) is 0 Å². The third-order valence-corrected chi connectivity index (χ3v) is 6.38. The monoisotopic (exact) mass is 410 g/mol. The summed E-state index contributed by atoms with van der Waals surface area (Å²) >= 11 is 0.154. The molecule has 4 radical (unpaired) electrons. The van der Waals surface area contributed by atoms with Crippen LogP contribution in [0.25, 0.3) is 0 Å². The van der Waals surface area contributed by atoms with E-state index in [2.05, 4.69) is 81.4 Å². The Morgan fingerprint density at radius 3 is 1.09 bits per heavy atom. The summed E-state index contributed by atoms with van der Waals surface area (Å²) in [6.07, 6.45) is 4.23. The van der Waals surface area contributed by atoms with Gasteiger partial charge in [0.1, 0.15) is 0 Å². The first-order chi connectivity index (χ1) is 10.7. The average molecular weight is 410 g/mol. The summed E-state index contributed by atoms with van der Waals surface area (Å²) < 4.78 is 0.956. The Hall–Kier alpha value is -0.697. The fourth-order valence-electron chi connectivity index (χ4n) is 1.31. The molecule has 0 aromatic heterocycles. The van der Waals surface area contributed by atoms with Gasteiger partial charge in [-0.15, -0.1) is 0 Å². The van der Waals surface area contributed by atoms with Crippen LogP contribution in [0, 0.1) is 23.7 Å². The molecule has 0 N–H and O–H groups in total. The second kappa shape index (κ2) is 17.7. The zero-order valence-electron chi connectivity index (χ0n) is 15.7. The van der Waals surface area contributed by atoms with Crippen LogP contribution in [0.3, 0.4) is 0 Å². The van der Waals surface area contributed by atoms with Gasteiger partial charge < -0.3 is 0 Å². The van der Waals surface area contributed by atoms with Crippen LogP contribution >= 0.6 is 0 Å². The molecule has 2 unspecified atom stereocenters. The summed E-state index contributed by atoms with van der Waals surface area (Å²) in [7, 11) is 0. The number of nitrogens with zero attached hydrogens (tertiary/aromatic N) is 2. The van der Waals surface area contributed by atoms with E-state index in [-0.39, 0.29) is 17.1 Å². The van der Waals surface area contributed by atoms with E-state index in [0.717, 1.165) is 0 Å². The van der Waals surface area contributed by atoms with Crippen LogP contribution in [0.5, 0.6) is 0 Å². The Morgan fingerprint density at radius 2 is 0.913 bits per heavy atom. The maximum absolute atomic E-state index is 7.50. The van der Waals surface area contributed by atoms with Crippen molar-refractivity contribution in [3.63, 3.8) is 0 Å². The van der Waals surface area contributed by atoms with Gasteiger partial charge in [-0.2, -0.15) is 0 Å². The molecule has 4 nitrogen and oxygen atoms in total. The molecule has 0 bridgehead atoms. The molecular formula is C18H32N2O2Ru. The molecule has 5 heteroatoms. The van der Waals surface area contributed by atoms with Crippen LogP contribution < -0.4 is 0 Å². The minimum absolute atomic E-state index is 0.154. The molecule has 0 saturated heterocycles. The van der Waals surface area contributed by atoms with Crippen molar-refractivity contribution in [2.75, 3.05) is 0 Å². The van der Waals surface area contributed by atoms with Gasteiger partial charge in [-0.1, -0.05) is 0 Å². The van der Waals surface area contributed by atoms with Crippen molar-refractivity contribution < 1.29 is 26.7 Å². The third kappa shape index (κ3) is 17.5. The largest absolute Gasteiger partial charge is 0.281 e. The predicted molar refractivity (Wildman–Crippen MR) is 95.3 cm³/mol. The van der Waals surface area contributed by atoms with E-state index in [1.165, 1.54) is 0 Å². The molecule has 0 amide bonds. The van der Waals surface area contributed by atoms with E-state index in [1.54, 1.807) is 0 Å². The number of aliphatic imine (C=N–C) groups is 2. The second-order valence-corrected chi connectivity index (χ2v) is 9.04. The first-order valence-electron chi connectivity index (χ1n) is 7.80. The molecule has 0 heterocycles. The van der Waals surface area contributed by atoms with Crippen LogP contribution in [0.15, 0.2) is 9.98 Å². The van der Waals surface area contributed by atoms with Crippen LogP contribution in [0.4, 0.5) is 0 Å². The minimum Gasteiger partial charge on any atom is -0.281 e. The molecule has 0 aromatic carbocycles. The number of carbonyl (C=O) groups excluding carboxylic acids is 2. The minimum atomic E-state index is 0.154. The molecular weight excluding hydrogens is 377 g/mol. The molecule has 0 aliphatic rings. The van der Waals surface area contributed by atoms with Crippen molar-refractivity contribution >= 4 is 26.0 Å². The second-order valence-electron chi connectivity index (χ2n) is 6.41. The van der Waals surface area contributed by atoms with Gasteiger partial charge >= 0.3 is 128 Å². The fraction of sp³-hybridized carbons (Fsp3) is 0.778. The van der Waals surface area contributed by atoms with Gasteiger partial charge in [-0.25, -0.2) is 0 Å². The Balaban J connectivity index is -0.000000919. The van der Waals surface area contributed by atoms with Gasteiger partial charge in [0.05, 0.1) is 0 Å². The van der Waals surface area contributed by atoms with E-state index < -0.39 is 0 Å². The molecule has 0 fully saturated rings. The summed E-state index contributed by atoms with van der Waals surface area (Å²) in [6.45, 7) is 26.9. The molecule has 0 aliphatic heterocycles. The van der Waals surface area contributed by atoms with Crippen LogP contribution in [-0.2, 0) is 26.7 Å². The number of hydrogen-bond acceptors (Lipinski definition) is 4. The smallest absolute Gasteiger partial charge is 0.281 e. The van der Waals surface area contributed by atoms with Gasteiger partial charge in [-0.3, -0.25) is 9.59 Å². The van der Waals surface area contributed by atoms with E-state index in [4.69, 9.17) is 19.6 Å². The first-order valence-corrected chi connectivity index (χ1v) is 9.81. The molecule has 0 spiro atoms. The van der Waals surface area contributed by atoms with Gasteiger partial charge in [0, 0.05) is 0 Å². The molecule has 23 heavy (non-hydrogen) atoms. The van der Waals surface area contributed by atoms with E-state index in [9.17, 15) is 0 Å². The fourth-order valence-corrected chi connectivity index (χ4v) is 3.85. The average Bonchev–Trinajstić information content (AvgIpc) is 2.49. The SMILES string of the molecule is CC(C)C=N[CH]([Ru][CH](N=CC(C)C)C(C)C)C(C)C.[C]=O.[C]=O. The maximum atomic E-state index is 7.50. The Bertz CT molecular complexity index is 286. The van der Waals surface area contributed by atoms with Crippen molar-refractivity contribution in [3.05, 3.63) is 0 Å². The molecule has 134 valence electrons. The third-order valence-electron chi connectivity index (χ3n) is 2.36. The van der Waals surface area contributed by atoms with Crippen molar-refractivity contribution in [2.24, 2.45) is 33.7 Å². The number of rotatable bonds is 8. The van der Waals surface area contributed by atoms with Gasteiger partial charge in [0.15, 0.2) is 0 Å². The first kappa shape index (κ1) is 27.2. The zero-order valence-corrected chi connectivity index (χ0v) is 17.4. The van der Waals surface area contributed by atoms with Crippen LogP contribution in [-0.4, -0.2) is 35.3 Å². The normalized spacial score (nSPS) is 14.3.